The van der Waals surface area contributed by atoms with Crippen LogP contribution in [0.15, 0.2) is 24.5 Å². The van der Waals surface area contributed by atoms with Crippen molar-refractivity contribution in [2.24, 2.45) is 5.92 Å². The lowest BCUT2D eigenvalue weighted by Crippen LogP contribution is -2.39. The van der Waals surface area contributed by atoms with Crippen molar-refractivity contribution in [3.8, 4) is 0 Å². The van der Waals surface area contributed by atoms with Gasteiger partial charge in [-0.1, -0.05) is 6.07 Å². The van der Waals surface area contributed by atoms with Crippen LogP contribution in [0.5, 0.6) is 0 Å². The number of benzene rings is 1. The minimum absolute atomic E-state index is 0.319. The molecular weight excluding hydrogens is 316 g/mol. The molecule has 6 nitrogen and oxygen atoms in total. The van der Waals surface area contributed by atoms with E-state index in [1.807, 2.05) is 6.07 Å². The lowest BCUT2D eigenvalue weighted by Gasteiger charge is -2.34. The molecule has 0 spiro atoms. The van der Waals surface area contributed by atoms with Crippen LogP contribution in [0.1, 0.15) is 32.1 Å². The van der Waals surface area contributed by atoms with Crippen molar-refractivity contribution in [2.45, 2.75) is 32.1 Å². The lowest BCUT2D eigenvalue weighted by atomic mass is 9.98. The molecule has 0 amide bonds. The quantitative estimate of drug-likeness (QED) is 0.926. The van der Waals surface area contributed by atoms with Crippen molar-refractivity contribution in [1.29, 1.82) is 0 Å². The number of carboxylic acids is 1. The predicted molar refractivity (Wildman–Crippen MR) is 98.2 cm³/mol. The van der Waals surface area contributed by atoms with Crippen LogP contribution in [-0.4, -0.2) is 47.2 Å². The molecule has 2 aromatic rings. The Labute approximate surface area is 147 Å². The monoisotopic (exact) mass is 340 g/mol. The Morgan fingerprint density at radius 3 is 2.64 bits per heavy atom. The number of anilines is 2. The van der Waals surface area contributed by atoms with Gasteiger partial charge in [0.1, 0.15) is 12.1 Å². The Morgan fingerprint density at radius 2 is 1.84 bits per heavy atom. The van der Waals surface area contributed by atoms with E-state index in [1.54, 1.807) is 6.33 Å². The van der Waals surface area contributed by atoms with Gasteiger partial charge < -0.3 is 14.9 Å². The molecule has 0 radical (unpaired) electrons. The van der Waals surface area contributed by atoms with E-state index in [-0.39, 0.29) is 5.92 Å². The van der Waals surface area contributed by atoms with Gasteiger partial charge in [0.15, 0.2) is 0 Å². The van der Waals surface area contributed by atoms with Crippen LogP contribution < -0.4 is 9.80 Å². The zero-order chi connectivity index (χ0) is 17.2. The zero-order valence-corrected chi connectivity index (χ0v) is 14.4. The molecule has 1 aromatic heterocycles. The van der Waals surface area contributed by atoms with Gasteiger partial charge in [-0.15, -0.1) is 0 Å². The molecule has 1 atom stereocenters. The number of carboxylic acid groups (broad SMARTS) is 1. The van der Waals surface area contributed by atoms with Gasteiger partial charge in [-0.2, -0.15) is 0 Å². The van der Waals surface area contributed by atoms with E-state index in [9.17, 15) is 9.90 Å². The second-order valence-electron chi connectivity index (χ2n) is 7.04. The molecule has 25 heavy (non-hydrogen) atoms. The number of carbonyl (C=O) groups is 1. The van der Waals surface area contributed by atoms with Crippen molar-refractivity contribution >= 4 is 28.4 Å². The molecule has 4 rings (SSSR count). The summed E-state index contributed by atoms with van der Waals surface area (Å²) in [6.45, 7) is 3.50. The summed E-state index contributed by atoms with van der Waals surface area (Å²) in [5.74, 6) is -0.141. The normalized spacial score (nSPS) is 21.5. The third kappa shape index (κ3) is 3.13. The lowest BCUT2D eigenvalue weighted by molar-refractivity contribution is -0.141. The number of nitrogens with zero attached hydrogens (tertiary/aromatic N) is 4. The third-order valence-corrected chi connectivity index (χ3v) is 5.39. The standard InChI is InChI=1S/C19H24N4O2/c24-19(25)14-6-5-11-23(12-14)18-17-15(20-13-21-18)7-4-8-16(17)22-9-2-1-3-10-22/h4,7-8,13-14H,1-3,5-6,9-12H2,(H,24,25). The summed E-state index contributed by atoms with van der Waals surface area (Å²) in [7, 11) is 0. The van der Waals surface area contributed by atoms with Crippen LogP contribution in [0, 0.1) is 5.92 Å². The van der Waals surface area contributed by atoms with Gasteiger partial charge in [0, 0.05) is 31.9 Å². The van der Waals surface area contributed by atoms with E-state index in [4.69, 9.17) is 0 Å². The highest BCUT2D eigenvalue weighted by atomic mass is 16.4. The number of piperidine rings is 2. The molecule has 0 bridgehead atoms. The van der Waals surface area contributed by atoms with Crippen molar-refractivity contribution < 1.29 is 9.90 Å². The zero-order valence-electron chi connectivity index (χ0n) is 14.4. The van der Waals surface area contributed by atoms with Gasteiger partial charge in [0.05, 0.1) is 16.8 Å². The molecule has 6 heteroatoms. The summed E-state index contributed by atoms with van der Waals surface area (Å²) in [6.07, 6.45) is 6.94. The van der Waals surface area contributed by atoms with Crippen LogP contribution >= 0.6 is 0 Å². The highest BCUT2D eigenvalue weighted by Gasteiger charge is 2.28. The first kappa shape index (κ1) is 16.1. The molecule has 2 aliphatic heterocycles. The third-order valence-electron chi connectivity index (χ3n) is 5.39. The highest BCUT2D eigenvalue weighted by Crippen LogP contribution is 2.35. The second-order valence-corrected chi connectivity index (χ2v) is 7.04. The predicted octanol–water partition coefficient (Wildman–Crippen LogP) is 2.92. The van der Waals surface area contributed by atoms with Crippen LogP contribution in [0.3, 0.4) is 0 Å². The van der Waals surface area contributed by atoms with E-state index >= 15 is 0 Å². The average Bonchev–Trinajstić information content (AvgIpc) is 2.68. The summed E-state index contributed by atoms with van der Waals surface area (Å²) in [6, 6.07) is 6.23. The van der Waals surface area contributed by atoms with E-state index in [0.717, 1.165) is 49.2 Å². The topological polar surface area (TPSA) is 69.6 Å². The Bertz CT molecular complexity index is 768. The maximum absolute atomic E-state index is 11.4. The molecule has 1 aromatic carbocycles. The van der Waals surface area contributed by atoms with Crippen molar-refractivity contribution in [2.75, 3.05) is 36.0 Å². The fraction of sp³-hybridized carbons (Fsp3) is 0.526. The highest BCUT2D eigenvalue weighted by molar-refractivity contribution is 6.00. The Balaban J connectivity index is 1.77. The summed E-state index contributed by atoms with van der Waals surface area (Å²) >= 11 is 0. The van der Waals surface area contributed by atoms with Crippen molar-refractivity contribution in [3.63, 3.8) is 0 Å². The van der Waals surface area contributed by atoms with Gasteiger partial charge in [-0.25, -0.2) is 9.97 Å². The average molecular weight is 340 g/mol. The number of hydrogen-bond donors (Lipinski definition) is 1. The Kier molecular flexibility index (Phi) is 4.42. The molecule has 3 heterocycles. The number of aliphatic carboxylic acids is 1. The van der Waals surface area contributed by atoms with E-state index in [2.05, 4.69) is 31.9 Å². The first-order valence-electron chi connectivity index (χ1n) is 9.20. The molecule has 2 aliphatic rings. The van der Waals surface area contributed by atoms with Gasteiger partial charge in [-0.3, -0.25) is 4.79 Å². The molecule has 0 aliphatic carbocycles. The molecule has 2 fully saturated rings. The largest absolute Gasteiger partial charge is 0.481 e. The number of rotatable bonds is 3. The van der Waals surface area contributed by atoms with Gasteiger partial charge in [0.2, 0.25) is 0 Å². The molecule has 132 valence electrons. The van der Waals surface area contributed by atoms with E-state index in [0.29, 0.717) is 6.54 Å². The first-order valence-corrected chi connectivity index (χ1v) is 9.20. The van der Waals surface area contributed by atoms with Crippen LogP contribution in [0.4, 0.5) is 11.5 Å². The maximum atomic E-state index is 11.4. The van der Waals surface area contributed by atoms with Crippen molar-refractivity contribution in [1.82, 2.24) is 9.97 Å². The number of hydrogen-bond acceptors (Lipinski definition) is 5. The molecular formula is C19H24N4O2. The molecule has 2 saturated heterocycles. The summed E-state index contributed by atoms with van der Waals surface area (Å²) in [4.78, 5) is 25.0. The van der Waals surface area contributed by atoms with Crippen molar-refractivity contribution in [3.05, 3.63) is 24.5 Å². The molecule has 1 N–H and O–H groups in total. The fourth-order valence-corrected chi connectivity index (χ4v) is 4.08. The summed E-state index contributed by atoms with van der Waals surface area (Å²) < 4.78 is 0. The number of fused-ring (bicyclic) bond motifs is 1. The Morgan fingerprint density at radius 1 is 1.04 bits per heavy atom. The van der Waals surface area contributed by atoms with E-state index < -0.39 is 5.97 Å². The Hall–Kier alpha value is -2.37. The summed E-state index contributed by atoms with van der Waals surface area (Å²) in [5, 5.41) is 10.5. The first-order chi connectivity index (χ1) is 12.2. The molecule has 1 unspecified atom stereocenters. The summed E-state index contributed by atoms with van der Waals surface area (Å²) in [5.41, 5.74) is 2.12. The van der Waals surface area contributed by atoms with Crippen LogP contribution in [0.2, 0.25) is 0 Å². The van der Waals surface area contributed by atoms with Crippen LogP contribution in [0.25, 0.3) is 10.9 Å². The van der Waals surface area contributed by atoms with Gasteiger partial charge >= 0.3 is 5.97 Å². The fourth-order valence-electron chi connectivity index (χ4n) is 4.08. The smallest absolute Gasteiger partial charge is 0.308 e. The van der Waals surface area contributed by atoms with E-state index in [1.165, 1.54) is 24.9 Å². The van der Waals surface area contributed by atoms with Gasteiger partial charge in [0.25, 0.3) is 0 Å². The minimum Gasteiger partial charge on any atom is -0.481 e. The molecule has 0 saturated carbocycles. The minimum atomic E-state index is -0.709. The number of aromatic nitrogens is 2. The SMILES string of the molecule is O=C(O)C1CCCN(c2ncnc3cccc(N4CCCCC4)c23)C1. The second kappa shape index (κ2) is 6.86. The van der Waals surface area contributed by atoms with Crippen LogP contribution in [-0.2, 0) is 4.79 Å². The maximum Gasteiger partial charge on any atom is 0.308 e. The van der Waals surface area contributed by atoms with Gasteiger partial charge in [-0.05, 0) is 44.2 Å².